The van der Waals surface area contributed by atoms with Crippen molar-refractivity contribution in [3.63, 3.8) is 0 Å². The summed E-state index contributed by atoms with van der Waals surface area (Å²) in [6, 6.07) is 7.06. The van der Waals surface area contributed by atoms with Gasteiger partial charge >= 0.3 is 0 Å². The molecule has 2 fully saturated rings. The first-order chi connectivity index (χ1) is 16.3. The van der Waals surface area contributed by atoms with Crippen LogP contribution < -0.4 is 9.46 Å². The first-order valence-electron chi connectivity index (χ1n) is 10.9. The largest absolute Gasteiger partial charge is 0.472 e. The predicted molar refractivity (Wildman–Crippen MR) is 125 cm³/mol. The molecule has 11 heteroatoms. The number of ketones is 1. The van der Waals surface area contributed by atoms with Crippen molar-refractivity contribution in [2.24, 2.45) is 4.99 Å². The number of carbonyl (C=O) groups excluding carboxylic acids is 1. The Morgan fingerprint density at radius 1 is 1.18 bits per heavy atom. The molecule has 0 unspecified atom stereocenters. The standard InChI is InChI=1S/C23H22ClFN4O4S/c24-23-20(11-26-12-21(23)30)29-8-6-16(13-29)33-22-9-14(5-7-27-22)18-4-3-17(10-19(18)25)34(31,32)28-15-1-2-15/h3-5,7,9-11,15-16,28H,1-2,6,8,12-13H2/t16-/m1/s1. The topological polar surface area (TPSA) is 101 Å². The first kappa shape index (κ1) is 22.9. The first-order valence-corrected chi connectivity index (χ1v) is 12.8. The number of halogens is 2. The summed E-state index contributed by atoms with van der Waals surface area (Å²) in [6.07, 6.45) is 5.22. The Bertz CT molecular complexity index is 1310. The molecule has 2 aromatic rings. The summed E-state index contributed by atoms with van der Waals surface area (Å²) in [5, 5.41) is 0.184. The molecule has 1 aromatic heterocycles. The Kier molecular flexibility index (Phi) is 6.13. The molecule has 0 radical (unpaired) electrons. The van der Waals surface area contributed by atoms with Crippen LogP contribution >= 0.6 is 11.6 Å². The van der Waals surface area contributed by atoms with Gasteiger partial charge in [-0.05, 0) is 36.6 Å². The highest BCUT2D eigenvalue weighted by molar-refractivity contribution is 7.89. The highest BCUT2D eigenvalue weighted by Gasteiger charge is 2.30. The Morgan fingerprint density at radius 2 is 2.00 bits per heavy atom. The quantitative estimate of drug-likeness (QED) is 0.622. The number of dihydropyridines is 1. The fraction of sp³-hybridized carbons (Fsp3) is 0.348. The van der Waals surface area contributed by atoms with E-state index in [2.05, 4.69) is 14.7 Å². The van der Waals surface area contributed by atoms with Gasteiger partial charge in [-0.3, -0.25) is 9.79 Å². The molecule has 3 aliphatic rings. The van der Waals surface area contributed by atoms with Gasteiger partial charge in [0.2, 0.25) is 15.9 Å². The van der Waals surface area contributed by atoms with Crippen molar-refractivity contribution in [3.8, 4) is 17.0 Å². The number of pyridine rings is 1. The van der Waals surface area contributed by atoms with E-state index in [1.165, 1.54) is 18.3 Å². The van der Waals surface area contributed by atoms with Crippen LogP contribution in [0.4, 0.5) is 4.39 Å². The van der Waals surface area contributed by atoms with E-state index in [0.29, 0.717) is 36.7 Å². The van der Waals surface area contributed by atoms with Crippen LogP contribution in [0.5, 0.6) is 5.88 Å². The van der Waals surface area contributed by atoms with Gasteiger partial charge in [-0.1, -0.05) is 17.7 Å². The van der Waals surface area contributed by atoms with Crippen LogP contribution in [0.25, 0.3) is 11.1 Å². The van der Waals surface area contributed by atoms with Gasteiger partial charge in [0.25, 0.3) is 0 Å². The van der Waals surface area contributed by atoms with Gasteiger partial charge in [0.15, 0.2) is 5.78 Å². The molecule has 1 N–H and O–H groups in total. The lowest BCUT2D eigenvalue weighted by molar-refractivity contribution is -0.113. The van der Waals surface area contributed by atoms with Crippen LogP contribution in [0.3, 0.4) is 0 Å². The number of rotatable bonds is 7. The number of sulfonamides is 1. The number of aliphatic imine (C=N–C) groups is 1. The molecule has 0 bridgehead atoms. The molecule has 3 heterocycles. The van der Waals surface area contributed by atoms with E-state index in [1.54, 1.807) is 18.3 Å². The van der Waals surface area contributed by atoms with E-state index < -0.39 is 15.8 Å². The van der Waals surface area contributed by atoms with Crippen LogP contribution in [0.1, 0.15) is 19.3 Å². The Labute approximate surface area is 201 Å². The summed E-state index contributed by atoms with van der Waals surface area (Å²) >= 11 is 6.16. The Balaban J connectivity index is 1.29. The number of carbonyl (C=O) groups is 1. The molecule has 1 saturated carbocycles. The van der Waals surface area contributed by atoms with Crippen molar-refractivity contribution in [1.82, 2.24) is 14.6 Å². The number of Topliss-reactive ketones (excluding diaryl/α,β-unsaturated/α-hetero) is 1. The molecular weight excluding hydrogens is 483 g/mol. The van der Waals surface area contributed by atoms with Crippen LogP contribution in [0.2, 0.25) is 0 Å². The maximum atomic E-state index is 14.9. The lowest BCUT2D eigenvalue weighted by Gasteiger charge is -2.22. The highest BCUT2D eigenvalue weighted by atomic mass is 35.5. The minimum absolute atomic E-state index is 0.0580. The Hall–Kier alpha value is -2.82. The molecule has 0 amide bonds. The third kappa shape index (κ3) is 4.84. The summed E-state index contributed by atoms with van der Waals surface area (Å²) in [5.41, 5.74) is 1.37. The average molecular weight is 505 g/mol. The predicted octanol–water partition coefficient (Wildman–Crippen LogP) is 2.89. The molecule has 5 rings (SSSR count). The zero-order chi connectivity index (χ0) is 23.9. The summed E-state index contributed by atoms with van der Waals surface area (Å²) in [7, 11) is -3.74. The Morgan fingerprint density at radius 3 is 2.76 bits per heavy atom. The van der Waals surface area contributed by atoms with Gasteiger partial charge in [0.05, 0.1) is 17.1 Å². The molecule has 178 valence electrons. The number of ether oxygens (including phenoxy) is 1. The average Bonchev–Trinajstić information content (AvgIpc) is 3.49. The van der Waals surface area contributed by atoms with Crippen molar-refractivity contribution < 1.29 is 22.3 Å². The molecule has 1 atom stereocenters. The smallest absolute Gasteiger partial charge is 0.240 e. The van der Waals surface area contributed by atoms with Gasteiger partial charge < -0.3 is 9.64 Å². The highest BCUT2D eigenvalue weighted by Crippen LogP contribution is 2.30. The minimum atomic E-state index is -3.74. The lowest BCUT2D eigenvalue weighted by atomic mass is 10.1. The van der Waals surface area contributed by atoms with E-state index in [-0.39, 0.29) is 40.0 Å². The van der Waals surface area contributed by atoms with E-state index in [9.17, 15) is 17.6 Å². The van der Waals surface area contributed by atoms with Gasteiger partial charge in [0, 0.05) is 43.0 Å². The summed E-state index contributed by atoms with van der Waals surface area (Å²) in [6.45, 7) is 1.22. The fourth-order valence-corrected chi connectivity index (χ4v) is 5.49. The molecular formula is C23H22ClFN4O4S. The molecule has 1 saturated heterocycles. The second kappa shape index (κ2) is 9.09. The third-order valence-electron chi connectivity index (χ3n) is 5.89. The molecule has 0 spiro atoms. The fourth-order valence-electron chi connectivity index (χ4n) is 3.95. The lowest BCUT2D eigenvalue weighted by Crippen LogP contribution is -2.28. The van der Waals surface area contributed by atoms with Gasteiger partial charge in [-0.2, -0.15) is 0 Å². The molecule has 34 heavy (non-hydrogen) atoms. The zero-order valence-corrected chi connectivity index (χ0v) is 19.7. The summed E-state index contributed by atoms with van der Waals surface area (Å²) in [5.74, 6) is -0.530. The number of benzene rings is 1. The van der Waals surface area contributed by atoms with Gasteiger partial charge in [-0.25, -0.2) is 22.5 Å². The third-order valence-corrected chi connectivity index (χ3v) is 7.81. The maximum Gasteiger partial charge on any atom is 0.240 e. The number of allylic oxidation sites excluding steroid dienone is 1. The molecule has 1 aromatic carbocycles. The summed E-state index contributed by atoms with van der Waals surface area (Å²) in [4.78, 5) is 21.9. The number of aromatic nitrogens is 1. The van der Waals surface area contributed by atoms with Crippen molar-refractivity contribution >= 4 is 33.6 Å². The van der Waals surface area contributed by atoms with Gasteiger partial charge in [0.1, 0.15) is 23.5 Å². The zero-order valence-electron chi connectivity index (χ0n) is 18.1. The second-order valence-corrected chi connectivity index (χ2v) is 10.6. The van der Waals surface area contributed by atoms with Gasteiger partial charge in [-0.15, -0.1) is 0 Å². The monoisotopic (exact) mass is 504 g/mol. The van der Waals surface area contributed by atoms with Crippen LogP contribution in [0.15, 0.2) is 57.1 Å². The number of hydrogen-bond acceptors (Lipinski definition) is 7. The van der Waals surface area contributed by atoms with E-state index >= 15 is 0 Å². The normalized spacial score (nSPS) is 20.8. The van der Waals surface area contributed by atoms with E-state index in [4.69, 9.17) is 16.3 Å². The minimum Gasteiger partial charge on any atom is -0.472 e. The van der Waals surface area contributed by atoms with E-state index in [0.717, 1.165) is 18.9 Å². The summed E-state index contributed by atoms with van der Waals surface area (Å²) < 4.78 is 48.1. The van der Waals surface area contributed by atoms with Crippen molar-refractivity contribution in [1.29, 1.82) is 0 Å². The number of hydrogen-bond donors (Lipinski definition) is 1. The second-order valence-electron chi connectivity index (χ2n) is 8.49. The SMILES string of the molecule is O=C1CN=CC(N2CC[C@@H](Oc3cc(-c4ccc(S(=O)(=O)NC5CC5)cc4F)ccn3)C2)=C1Cl. The van der Waals surface area contributed by atoms with E-state index in [1.807, 2.05) is 4.90 Å². The number of likely N-dealkylation sites (tertiary alicyclic amines) is 1. The number of nitrogens with one attached hydrogen (secondary N) is 1. The van der Waals surface area contributed by atoms with Crippen LogP contribution in [0, 0.1) is 5.82 Å². The van der Waals surface area contributed by atoms with Crippen LogP contribution in [-0.4, -0.2) is 62.1 Å². The molecule has 1 aliphatic carbocycles. The molecule has 8 nitrogen and oxygen atoms in total. The molecule has 2 aliphatic heterocycles. The van der Waals surface area contributed by atoms with Crippen LogP contribution in [-0.2, 0) is 14.8 Å². The van der Waals surface area contributed by atoms with Crippen molar-refractivity contribution in [2.75, 3.05) is 19.6 Å². The van der Waals surface area contributed by atoms with Crippen molar-refractivity contribution in [3.05, 3.63) is 53.1 Å². The maximum absolute atomic E-state index is 14.9. The van der Waals surface area contributed by atoms with Crippen molar-refractivity contribution in [2.45, 2.75) is 36.3 Å². The number of nitrogens with zero attached hydrogens (tertiary/aromatic N) is 3.